The van der Waals surface area contributed by atoms with Gasteiger partial charge in [-0.1, -0.05) is 30.5 Å². The van der Waals surface area contributed by atoms with Crippen molar-refractivity contribution in [3.05, 3.63) is 58.1 Å². The molecule has 0 aliphatic carbocycles. The Hall–Kier alpha value is -1.89. The van der Waals surface area contributed by atoms with Crippen molar-refractivity contribution in [2.45, 2.75) is 44.4 Å². The van der Waals surface area contributed by atoms with Crippen LogP contribution in [0.4, 0.5) is 5.69 Å². The van der Waals surface area contributed by atoms with Gasteiger partial charge in [0, 0.05) is 18.8 Å². The van der Waals surface area contributed by atoms with Crippen molar-refractivity contribution in [1.29, 1.82) is 0 Å². The van der Waals surface area contributed by atoms with Crippen LogP contribution >= 0.6 is 11.6 Å². The summed E-state index contributed by atoms with van der Waals surface area (Å²) in [4.78, 5) is 12.9. The summed E-state index contributed by atoms with van der Waals surface area (Å²) >= 11 is 6.21. The lowest BCUT2D eigenvalue weighted by Gasteiger charge is -2.20. The number of carbonyl (C=O) groups is 1. The molecule has 28 heavy (non-hydrogen) atoms. The zero-order valence-electron chi connectivity index (χ0n) is 16.2. The molecule has 0 radical (unpaired) electrons. The van der Waals surface area contributed by atoms with Crippen LogP contribution in [-0.4, -0.2) is 31.7 Å². The van der Waals surface area contributed by atoms with Gasteiger partial charge in [0.2, 0.25) is 10.0 Å². The third kappa shape index (κ3) is 4.74. The van der Waals surface area contributed by atoms with E-state index in [1.807, 2.05) is 32.0 Å². The van der Waals surface area contributed by atoms with Crippen molar-refractivity contribution in [1.82, 2.24) is 4.31 Å². The molecule has 0 saturated carbocycles. The fraction of sp³-hybridized carbons (Fsp3) is 0.381. The minimum atomic E-state index is -3.65. The molecule has 2 aromatic carbocycles. The number of aryl methyl sites for hydroxylation is 2. The first-order chi connectivity index (χ1) is 13.3. The summed E-state index contributed by atoms with van der Waals surface area (Å²) in [5.74, 6) is -0.428. The highest BCUT2D eigenvalue weighted by molar-refractivity contribution is 7.89. The van der Waals surface area contributed by atoms with Crippen LogP contribution < -0.4 is 5.32 Å². The van der Waals surface area contributed by atoms with Crippen LogP contribution in [0, 0.1) is 13.8 Å². The maximum absolute atomic E-state index is 13.0. The van der Waals surface area contributed by atoms with Crippen LogP contribution in [0.25, 0.3) is 0 Å². The van der Waals surface area contributed by atoms with E-state index in [-0.39, 0.29) is 15.5 Å². The Morgan fingerprint density at radius 1 is 0.964 bits per heavy atom. The fourth-order valence-corrected chi connectivity index (χ4v) is 5.26. The third-order valence-electron chi connectivity index (χ3n) is 4.86. The summed E-state index contributed by atoms with van der Waals surface area (Å²) in [6.07, 6.45) is 3.78. The zero-order valence-corrected chi connectivity index (χ0v) is 17.7. The van der Waals surface area contributed by atoms with Gasteiger partial charge in [-0.15, -0.1) is 0 Å². The molecule has 2 aromatic rings. The first-order valence-electron chi connectivity index (χ1n) is 9.47. The van der Waals surface area contributed by atoms with E-state index in [9.17, 15) is 13.2 Å². The van der Waals surface area contributed by atoms with Crippen molar-refractivity contribution in [3.8, 4) is 0 Å². The number of sulfonamides is 1. The van der Waals surface area contributed by atoms with Gasteiger partial charge in [0.1, 0.15) is 0 Å². The molecule has 0 aromatic heterocycles. The van der Waals surface area contributed by atoms with Gasteiger partial charge in [0.25, 0.3) is 5.91 Å². The SMILES string of the molecule is Cc1cc(C)cc(NC(=O)c2cc(S(=O)(=O)N3CCCCCC3)ccc2Cl)c1. The molecule has 1 amide bonds. The molecular formula is C21H25ClN2O3S. The standard InChI is InChI=1S/C21H25ClN2O3S/c1-15-11-16(2)13-17(12-15)23-21(25)19-14-18(7-8-20(19)22)28(26,27)24-9-5-3-4-6-10-24/h7-8,11-14H,3-6,9-10H2,1-2H3,(H,23,25). The van der Waals surface area contributed by atoms with Gasteiger partial charge in [-0.05, 0) is 68.1 Å². The topological polar surface area (TPSA) is 66.5 Å². The highest BCUT2D eigenvalue weighted by Crippen LogP contribution is 2.26. The summed E-state index contributed by atoms with van der Waals surface area (Å²) in [6.45, 7) is 4.91. The molecule has 1 N–H and O–H groups in total. The fourth-order valence-electron chi connectivity index (χ4n) is 3.52. The van der Waals surface area contributed by atoms with E-state index in [0.29, 0.717) is 18.8 Å². The second kappa shape index (κ2) is 8.64. The van der Waals surface area contributed by atoms with E-state index in [2.05, 4.69) is 5.32 Å². The average Bonchev–Trinajstić information content (AvgIpc) is 2.91. The second-order valence-electron chi connectivity index (χ2n) is 7.29. The Morgan fingerprint density at radius 2 is 1.57 bits per heavy atom. The van der Waals surface area contributed by atoms with Crippen LogP contribution in [0.5, 0.6) is 0 Å². The molecule has 1 aliphatic heterocycles. The number of benzene rings is 2. The number of hydrogen-bond acceptors (Lipinski definition) is 3. The molecule has 0 atom stereocenters. The predicted octanol–water partition coefficient (Wildman–Crippen LogP) is 4.77. The summed E-state index contributed by atoms with van der Waals surface area (Å²) in [5.41, 5.74) is 2.86. The van der Waals surface area contributed by atoms with E-state index in [4.69, 9.17) is 11.6 Å². The van der Waals surface area contributed by atoms with E-state index < -0.39 is 15.9 Å². The summed E-state index contributed by atoms with van der Waals surface area (Å²) in [7, 11) is -3.65. The number of hydrogen-bond donors (Lipinski definition) is 1. The Bertz CT molecular complexity index is 961. The number of halogens is 1. The van der Waals surface area contributed by atoms with E-state index in [1.54, 1.807) is 0 Å². The van der Waals surface area contributed by atoms with E-state index in [0.717, 1.165) is 36.8 Å². The third-order valence-corrected chi connectivity index (χ3v) is 7.09. The maximum Gasteiger partial charge on any atom is 0.257 e. The summed E-state index contributed by atoms with van der Waals surface area (Å²) in [6, 6.07) is 10.0. The average molecular weight is 421 g/mol. The van der Waals surface area contributed by atoms with Gasteiger partial charge in [-0.3, -0.25) is 4.79 Å². The molecule has 150 valence electrons. The first kappa shape index (κ1) is 20.8. The van der Waals surface area contributed by atoms with Crippen molar-refractivity contribution in [3.63, 3.8) is 0 Å². The van der Waals surface area contributed by atoms with E-state index >= 15 is 0 Å². The molecular weight excluding hydrogens is 396 g/mol. The number of nitrogens with one attached hydrogen (secondary N) is 1. The monoisotopic (exact) mass is 420 g/mol. The van der Waals surface area contributed by atoms with Crippen molar-refractivity contribution < 1.29 is 13.2 Å². The zero-order chi connectivity index (χ0) is 20.3. The lowest BCUT2D eigenvalue weighted by molar-refractivity contribution is 0.102. The highest BCUT2D eigenvalue weighted by Gasteiger charge is 2.26. The maximum atomic E-state index is 13.0. The van der Waals surface area contributed by atoms with Crippen molar-refractivity contribution >= 4 is 33.2 Å². The van der Waals surface area contributed by atoms with Gasteiger partial charge in [-0.25, -0.2) is 8.42 Å². The Morgan fingerprint density at radius 3 is 2.18 bits per heavy atom. The van der Waals surface area contributed by atoms with Crippen molar-refractivity contribution in [2.24, 2.45) is 0 Å². The lowest BCUT2D eigenvalue weighted by Crippen LogP contribution is -2.32. The van der Waals surface area contributed by atoms with Crippen molar-refractivity contribution in [2.75, 3.05) is 18.4 Å². The molecule has 1 fully saturated rings. The number of nitrogens with zero attached hydrogens (tertiary/aromatic N) is 1. The predicted molar refractivity (Wildman–Crippen MR) is 113 cm³/mol. The number of anilines is 1. The second-order valence-corrected chi connectivity index (χ2v) is 9.64. The molecule has 5 nitrogen and oxygen atoms in total. The molecule has 0 spiro atoms. The minimum Gasteiger partial charge on any atom is -0.322 e. The molecule has 3 rings (SSSR count). The number of amides is 1. The summed E-state index contributed by atoms with van der Waals surface area (Å²) < 4.78 is 27.6. The van der Waals surface area contributed by atoms with Gasteiger partial charge in [-0.2, -0.15) is 4.31 Å². The smallest absolute Gasteiger partial charge is 0.257 e. The Kier molecular flexibility index (Phi) is 6.43. The van der Waals surface area contributed by atoms with Crippen LogP contribution in [0.15, 0.2) is 41.3 Å². The Labute approximate surface area is 171 Å². The minimum absolute atomic E-state index is 0.101. The van der Waals surface area contributed by atoms with Gasteiger partial charge in [0.05, 0.1) is 15.5 Å². The molecule has 0 unspecified atom stereocenters. The van der Waals surface area contributed by atoms with Gasteiger partial charge >= 0.3 is 0 Å². The van der Waals surface area contributed by atoms with Crippen LogP contribution in [0.1, 0.15) is 47.2 Å². The number of rotatable bonds is 4. The Balaban J connectivity index is 1.89. The van der Waals surface area contributed by atoms with Crippen LogP contribution in [0.2, 0.25) is 5.02 Å². The normalized spacial score (nSPS) is 15.8. The quantitative estimate of drug-likeness (QED) is 0.774. The van der Waals surface area contributed by atoms with Crippen LogP contribution in [0.3, 0.4) is 0 Å². The summed E-state index contributed by atoms with van der Waals surface area (Å²) in [5, 5.41) is 3.04. The van der Waals surface area contributed by atoms with Gasteiger partial charge in [0.15, 0.2) is 0 Å². The first-order valence-corrected chi connectivity index (χ1v) is 11.3. The van der Waals surface area contributed by atoms with Gasteiger partial charge < -0.3 is 5.32 Å². The molecule has 1 saturated heterocycles. The largest absolute Gasteiger partial charge is 0.322 e. The molecule has 7 heteroatoms. The lowest BCUT2D eigenvalue weighted by atomic mass is 10.1. The molecule has 1 aliphatic rings. The number of carbonyl (C=O) groups excluding carboxylic acids is 1. The molecule has 0 bridgehead atoms. The van der Waals surface area contributed by atoms with E-state index in [1.165, 1.54) is 22.5 Å². The van der Waals surface area contributed by atoms with Crippen LogP contribution in [-0.2, 0) is 10.0 Å². The molecule has 1 heterocycles. The highest BCUT2D eigenvalue weighted by atomic mass is 35.5.